The third-order valence-electron chi connectivity index (χ3n) is 5.48. The average Bonchev–Trinajstić information content (AvgIpc) is 3.15. The number of nitrogens with zero attached hydrogens (tertiary/aromatic N) is 4. The van der Waals surface area contributed by atoms with Crippen LogP contribution in [0.25, 0.3) is 0 Å². The van der Waals surface area contributed by atoms with Gasteiger partial charge in [-0.15, -0.1) is 0 Å². The number of aromatic nitrogens is 2. The van der Waals surface area contributed by atoms with Gasteiger partial charge in [-0.2, -0.15) is 0 Å². The smallest absolute Gasteiger partial charge is 0.227 e. The van der Waals surface area contributed by atoms with E-state index in [0.717, 1.165) is 11.3 Å². The molecule has 1 saturated heterocycles. The maximum Gasteiger partial charge on any atom is 0.227 e. The van der Waals surface area contributed by atoms with Crippen molar-refractivity contribution in [3.8, 4) is 0 Å². The van der Waals surface area contributed by atoms with Crippen molar-refractivity contribution in [1.29, 1.82) is 0 Å². The Hall–Kier alpha value is -3.39. The molecule has 0 saturated carbocycles. The van der Waals surface area contributed by atoms with Gasteiger partial charge in [0.1, 0.15) is 23.3 Å². The highest BCUT2D eigenvalue weighted by molar-refractivity contribution is 5.96. The largest absolute Gasteiger partial charge is 0.373 e. The summed E-state index contributed by atoms with van der Waals surface area (Å²) in [5.41, 5.74) is 2.34. The first kappa shape index (κ1) is 21.8. The Bertz CT molecular complexity index is 1110. The van der Waals surface area contributed by atoms with E-state index in [1.165, 1.54) is 24.3 Å². The van der Waals surface area contributed by atoms with Crippen LogP contribution in [0.15, 0.2) is 54.6 Å². The lowest BCUT2D eigenvalue weighted by atomic mass is 10.0. The molecule has 8 heteroatoms. The van der Waals surface area contributed by atoms with Crippen molar-refractivity contribution < 1.29 is 13.6 Å². The molecule has 1 fully saturated rings. The summed E-state index contributed by atoms with van der Waals surface area (Å²) in [6.45, 7) is 1.51. The topological polar surface area (TPSA) is 61.4 Å². The molecule has 166 valence electrons. The number of benzene rings is 2. The monoisotopic (exact) mass is 437 g/mol. The molecule has 0 spiro atoms. The van der Waals surface area contributed by atoms with Gasteiger partial charge in [0.25, 0.3) is 0 Å². The van der Waals surface area contributed by atoms with E-state index in [9.17, 15) is 13.6 Å². The van der Waals surface area contributed by atoms with Gasteiger partial charge in [0, 0.05) is 44.2 Å². The number of carbonyl (C=O) groups is 1. The van der Waals surface area contributed by atoms with Crippen LogP contribution in [-0.2, 0) is 17.9 Å². The van der Waals surface area contributed by atoms with E-state index in [4.69, 9.17) is 4.98 Å². The van der Waals surface area contributed by atoms with Crippen LogP contribution in [-0.4, -0.2) is 41.4 Å². The molecular formula is C24H25F2N5O. The highest BCUT2D eigenvalue weighted by atomic mass is 19.1. The molecule has 6 nitrogen and oxygen atoms in total. The molecule has 0 bridgehead atoms. The first-order valence-electron chi connectivity index (χ1n) is 10.5. The SMILES string of the molecule is CNc1cc([C@@H]2CC(=O)N(c3ccc(F)cc3)C2)nc(CN(C)Cc2cccc(F)c2)n1. The van der Waals surface area contributed by atoms with Crippen molar-refractivity contribution in [1.82, 2.24) is 14.9 Å². The van der Waals surface area contributed by atoms with Gasteiger partial charge in [-0.05, 0) is 49.0 Å². The highest BCUT2D eigenvalue weighted by Gasteiger charge is 2.33. The molecule has 3 aromatic rings. The van der Waals surface area contributed by atoms with Gasteiger partial charge in [0.15, 0.2) is 0 Å². The van der Waals surface area contributed by atoms with Crippen molar-refractivity contribution in [3.05, 3.63) is 83.3 Å². The lowest BCUT2D eigenvalue weighted by Gasteiger charge is -2.19. The highest BCUT2D eigenvalue weighted by Crippen LogP contribution is 2.32. The summed E-state index contributed by atoms with van der Waals surface area (Å²) in [5, 5.41) is 3.06. The number of amides is 1. The second kappa shape index (κ2) is 9.40. The molecule has 1 aromatic heterocycles. The van der Waals surface area contributed by atoms with Crippen molar-refractivity contribution >= 4 is 17.4 Å². The second-order valence-corrected chi connectivity index (χ2v) is 8.03. The zero-order valence-corrected chi connectivity index (χ0v) is 18.1. The maximum absolute atomic E-state index is 13.5. The Labute approximate surface area is 185 Å². The maximum atomic E-state index is 13.5. The van der Waals surface area contributed by atoms with E-state index in [1.807, 2.05) is 24.1 Å². The summed E-state index contributed by atoms with van der Waals surface area (Å²) in [6, 6.07) is 14.3. The molecule has 1 N–H and O–H groups in total. The summed E-state index contributed by atoms with van der Waals surface area (Å²) >= 11 is 0. The fraction of sp³-hybridized carbons (Fsp3) is 0.292. The van der Waals surface area contributed by atoms with Crippen molar-refractivity contribution in [2.45, 2.75) is 25.4 Å². The first-order valence-corrected chi connectivity index (χ1v) is 10.5. The minimum atomic E-state index is -0.335. The summed E-state index contributed by atoms with van der Waals surface area (Å²) in [4.78, 5) is 25.6. The number of hydrogen-bond donors (Lipinski definition) is 1. The quantitative estimate of drug-likeness (QED) is 0.607. The zero-order chi connectivity index (χ0) is 22.7. The van der Waals surface area contributed by atoms with Crippen LogP contribution >= 0.6 is 0 Å². The third-order valence-corrected chi connectivity index (χ3v) is 5.48. The molecule has 0 unspecified atom stereocenters. The van der Waals surface area contributed by atoms with Gasteiger partial charge >= 0.3 is 0 Å². The number of anilines is 2. The van der Waals surface area contributed by atoms with E-state index >= 15 is 0 Å². The van der Waals surface area contributed by atoms with Crippen LogP contribution in [0.4, 0.5) is 20.3 Å². The van der Waals surface area contributed by atoms with Gasteiger partial charge in [-0.3, -0.25) is 9.69 Å². The standard InChI is InChI=1S/C24H25F2N5O/c1-27-22-12-21(17-11-24(32)31(14-17)20-8-6-18(25)7-9-20)28-23(29-22)15-30(2)13-16-4-3-5-19(26)10-16/h3-10,12,17H,11,13-15H2,1-2H3,(H,27,28,29)/t17-/m1/s1. The van der Waals surface area contributed by atoms with Crippen molar-refractivity contribution in [2.24, 2.45) is 0 Å². The summed E-state index contributed by atoms with van der Waals surface area (Å²) in [7, 11) is 3.71. The van der Waals surface area contributed by atoms with Gasteiger partial charge in [-0.25, -0.2) is 18.7 Å². The first-order chi connectivity index (χ1) is 15.4. The van der Waals surface area contributed by atoms with E-state index in [1.54, 1.807) is 30.1 Å². The number of halogens is 2. The Morgan fingerprint density at radius 1 is 1.06 bits per heavy atom. The van der Waals surface area contributed by atoms with Crippen LogP contribution < -0.4 is 10.2 Å². The number of nitrogens with one attached hydrogen (secondary N) is 1. The van der Waals surface area contributed by atoms with Crippen LogP contribution in [0.1, 0.15) is 29.4 Å². The molecular weight excluding hydrogens is 412 g/mol. The molecule has 4 rings (SSSR count). The van der Waals surface area contributed by atoms with E-state index in [-0.39, 0.29) is 23.5 Å². The Kier molecular flexibility index (Phi) is 6.41. The molecule has 1 amide bonds. The Morgan fingerprint density at radius 2 is 1.84 bits per heavy atom. The van der Waals surface area contributed by atoms with E-state index < -0.39 is 0 Å². The number of rotatable bonds is 7. The van der Waals surface area contributed by atoms with Crippen LogP contribution in [0.2, 0.25) is 0 Å². The molecule has 1 aliphatic heterocycles. The molecule has 0 radical (unpaired) electrons. The van der Waals surface area contributed by atoms with Gasteiger partial charge in [0.05, 0.1) is 12.2 Å². The fourth-order valence-corrected chi connectivity index (χ4v) is 3.95. The van der Waals surface area contributed by atoms with Crippen LogP contribution in [0.5, 0.6) is 0 Å². The minimum absolute atomic E-state index is 0.0176. The normalized spacial score (nSPS) is 16.1. The van der Waals surface area contributed by atoms with E-state index in [0.29, 0.717) is 43.4 Å². The minimum Gasteiger partial charge on any atom is -0.373 e. The number of carbonyl (C=O) groups excluding carboxylic acids is 1. The number of hydrogen-bond acceptors (Lipinski definition) is 5. The van der Waals surface area contributed by atoms with Crippen LogP contribution in [0.3, 0.4) is 0 Å². The summed E-state index contributed by atoms with van der Waals surface area (Å²) in [6.07, 6.45) is 0.329. The Balaban J connectivity index is 1.50. The lowest BCUT2D eigenvalue weighted by Crippen LogP contribution is -2.24. The molecule has 32 heavy (non-hydrogen) atoms. The zero-order valence-electron chi connectivity index (χ0n) is 18.1. The van der Waals surface area contributed by atoms with Gasteiger partial charge in [0.2, 0.25) is 5.91 Å². The van der Waals surface area contributed by atoms with Crippen molar-refractivity contribution in [3.63, 3.8) is 0 Å². The molecule has 0 aliphatic carbocycles. The molecule has 1 aliphatic rings. The van der Waals surface area contributed by atoms with Gasteiger partial charge in [-0.1, -0.05) is 12.1 Å². The predicted octanol–water partition coefficient (Wildman–Crippen LogP) is 3.95. The predicted molar refractivity (Wildman–Crippen MR) is 119 cm³/mol. The summed E-state index contributed by atoms with van der Waals surface area (Å²) in [5.74, 6) is 0.600. The summed E-state index contributed by atoms with van der Waals surface area (Å²) < 4.78 is 26.7. The van der Waals surface area contributed by atoms with Crippen molar-refractivity contribution in [2.75, 3.05) is 30.9 Å². The second-order valence-electron chi connectivity index (χ2n) is 8.03. The van der Waals surface area contributed by atoms with Crippen LogP contribution in [0, 0.1) is 11.6 Å². The Morgan fingerprint density at radius 3 is 2.56 bits per heavy atom. The molecule has 2 heterocycles. The average molecular weight is 437 g/mol. The third kappa shape index (κ3) is 5.08. The lowest BCUT2D eigenvalue weighted by molar-refractivity contribution is -0.117. The molecule has 2 aromatic carbocycles. The van der Waals surface area contributed by atoms with E-state index in [2.05, 4.69) is 10.3 Å². The fourth-order valence-electron chi connectivity index (χ4n) is 3.95. The van der Waals surface area contributed by atoms with Gasteiger partial charge < -0.3 is 10.2 Å². The molecule has 1 atom stereocenters.